The molecule has 0 saturated carbocycles. The van der Waals surface area contributed by atoms with Crippen molar-refractivity contribution in [2.24, 2.45) is 0 Å². The Balaban J connectivity index is 2.56. The number of nitrogens with zero attached hydrogens (tertiary/aromatic N) is 3. The summed E-state index contributed by atoms with van der Waals surface area (Å²) in [4.78, 5) is 0. The summed E-state index contributed by atoms with van der Waals surface area (Å²) in [6, 6.07) is 7.59. The van der Waals surface area contributed by atoms with Crippen molar-refractivity contribution in [3.05, 3.63) is 77.1 Å². The van der Waals surface area contributed by atoms with Gasteiger partial charge in [0.2, 0.25) is 0 Å². The molecule has 0 aliphatic heterocycles. The molecule has 1 unspecified atom stereocenters. The molecule has 2 rings (SSSR count). The van der Waals surface area contributed by atoms with Crippen LogP contribution in [-0.4, -0.2) is 9.78 Å². The number of benzene rings is 1. The molecule has 1 aromatic heterocycles. The molecule has 0 spiro atoms. The molecular weight excluding hydrogens is 318 g/mol. The van der Waals surface area contributed by atoms with Gasteiger partial charge in [0.25, 0.3) is 0 Å². The maximum absolute atomic E-state index is 9.03. The van der Waals surface area contributed by atoms with Gasteiger partial charge in [-0.15, -0.1) is 0 Å². The molecular formula is C20H20ClN3. The highest BCUT2D eigenvalue weighted by Crippen LogP contribution is 2.32. The normalized spacial score (nSPS) is 12.5. The lowest BCUT2D eigenvalue weighted by Gasteiger charge is -2.16. The molecule has 24 heavy (non-hydrogen) atoms. The fraction of sp³-hybridized carbons (Fsp3) is 0.200. The van der Waals surface area contributed by atoms with Crippen LogP contribution in [0.1, 0.15) is 29.9 Å². The van der Waals surface area contributed by atoms with Gasteiger partial charge in [0.05, 0.1) is 22.3 Å². The Bertz CT molecular complexity index is 866. The van der Waals surface area contributed by atoms with E-state index in [9.17, 15) is 0 Å². The van der Waals surface area contributed by atoms with E-state index in [0.29, 0.717) is 10.6 Å². The lowest BCUT2D eigenvalue weighted by Crippen LogP contribution is -2.10. The summed E-state index contributed by atoms with van der Waals surface area (Å²) < 4.78 is 1.98. The third kappa shape index (κ3) is 3.20. The number of aryl methyl sites for hydroxylation is 1. The number of allylic oxidation sites excluding steroid dienone is 4. The second-order valence-electron chi connectivity index (χ2n) is 5.58. The first-order valence-electron chi connectivity index (χ1n) is 7.65. The Labute approximate surface area is 148 Å². The SMILES string of the molecule is C=C/C=C(\C=C)C(C)n1nc(C)c(-c2ccc(C#N)c(Cl)c2)c1C. The number of hydrogen-bond acceptors (Lipinski definition) is 2. The third-order valence-electron chi connectivity index (χ3n) is 4.10. The van der Waals surface area contributed by atoms with Crippen LogP contribution in [0.5, 0.6) is 0 Å². The Hall–Kier alpha value is -2.57. The average molecular weight is 338 g/mol. The van der Waals surface area contributed by atoms with E-state index in [0.717, 1.165) is 28.1 Å². The highest BCUT2D eigenvalue weighted by atomic mass is 35.5. The zero-order chi connectivity index (χ0) is 17.9. The Morgan fingerprint density at radius 1 is 1.38 bits per heavy atom. The number of halogens is 1. The molecule has 0 N–H and O–H groups in total. The van der Waals surface area contributed by atoms with Crippen LogP contribution in [0.4, 0.5) is 0 Å². The number of nitriles is 1. The second kappa shape index (κ2) is 7.33. The molecule has 0 bridgehead atoms. The predicted octanol–water partition coefficient (Wildman–Crippen LogP) is 5.55. The summed E-state index contributed by atoms with van der Waals surface area (Å²) in [6.07, 6.45) is 5.51. The summed E-state index contributed by atoms with van der Waals surface area (Å²) in [5.41, 5.74) is 5.47. The molecule has 0 amide bonds. The molecule has 3 nitrogen and oxygen atoms in total. The van der Waals surface area contributed by atoms with E-state index >= 15 is 0 Å². The van der Waals surface area contributed by atoms with Gasteiger partial charge in [0.15, 0.2) is 0 Å². The quantitative estimate of drug-likeness (QED) is 0.671. The minimum absolute atomic E-state index is 0.0433. The van der Waals surface area contributed by atoms with Gasteiger partial charge in [-0.2, -0.15) is 10.4 Å². The maximum atomic E-state index is 9.03. The summed E-state index contributed by atoms with van der Waals surface area (Å²) in [7, 11) is 0. The summed E-state index contributed by atoms with van der Waals surface area (Å²) >= 11 is 6.18. The van der Waals surface area contributed by atoms with E-state index < -0.39 is 0 Å². The van der Waals surface area contributed by atoms with Crippen LogP contribution < -0.4 is 0 Å². The van der Waals surface area contributed by atoms with Crippen LogP contribution in [0.2, 0.25) is 5.02 Å². The van der Waals surface area contributed by atoms with Crippen molar-refractivity contribution in [2.45, 2.75) is 26.8 Å². The predicted molar refractivity (Wildman–Crippen MR) is 100 cm³/mol. The Kier molecular flexibility index (Phi) is 5.43. The Morgan fingerprint density at radius 3 is 2.62 bits per heavy atom. The lowest BCUT2D eigenvalue weighted by molar-refractivity contribution is 0.546. The number of hydrogen-bond donors (Lipinski definition) is 0. The van der Waals surface area contributed by atoms with Gasteiger partial charge in [-0.3, -0.25) is 4.68 Å². The number of aromatic nitrogens is 2. The highest BCUT2D eigenvalue weighted by molar-refractivity contribution is 6.32. The number of rotatable bonds is 5. The molecule has 1 aromatic carbocycles. The Morgan fingerprint density at radius 2 is 2.08 bits per heavy atom. The van der Waals surface area contributed by atoms with Crippen molar-refractivity contribution in [1.29, 1.82) is 5.26 Å². The first kappa shape index (κ1) is 17.8. The zero-order valence-electron chi connectivity index (χ0n) is 14.2. The first-order chi connectivity index (χ1) is 11.4. The van der Waals surface area contributed by atoms with E-state index in [4.69, 9.17) is 22.0 Å². The van der Waals surface area contributed by atoms with Crippen LogP contribution in [0.15, 0.2) is 55.2 Å². The van der Waals surface area contributed by atoms with Gasteiger partial charge in [-0.1, -0.05) is 49.1 Å². The zero-order valence-corrected chi connectivity index (χ0v) is 14.9. The summed E-state index contributed by atoms with van der Waals surface area (Å²) in [5, 5.41) is 14.2. The standard InChI is InChI=1S/C20H20ClN3/c1-6-8-16(7-2)14(4)24-15(5)20(13(3)23-24)17-9-10-18(12-22)19(21)11-17/h6-11,14H,1-2H2,3-5H3/b16-8+. The molecule has 0 saturated heterocycles. The molecule has 1 heterocycles. The maximum Gasteiger partial charge on any atom is 0.101 e. The molecule has 2 aromatic rings. The van der Waals surface area contributed by atoms with Crippen LogP contribution >= 0.6 is 11.6 Å². The van der Waals surface area contributed by atoms with Crippen molar-refractivity contribution in [3.63, 3.8) is 0 Å². The van der Waals surface area contributed by atoms with E-state index in [-0.39, 0.29) is 6.04 Å². The largest absolute Gasteiger partial charge is 0.262 e. The van der Waals surface area contributed by atoms with E-state index in [1.54, 1.807) is 12.1 Å². The second-order valence-corrected chi connectivity index (χ2v) is 5.99. The first-order valence-corrected chi connectivity index (χ1v) is 8.03. The van der Waals surface area contributed by atoms with Crippen molar-refractivity contribution in [1.82, 2.24) is 9.78 Å². The van der Waals surface area contributed by atoms with Crippen molar-refractivity contribution < 1.29 is 0 Å². The monoisotopic (exact) mass is 337 g/mol. The minimum atomic E-state index is 0.0433. The smallest absolute Gasteiger partial charge is 0.101 e. The van der Waals surface area contributed by atoms with Crippen molar-refractivity contribution >= 4 is 11.6 Å². The molecule has 0 aliphatic rings. The fourth-order valence-electron chi connectivity index (χ4n) is 2.87. The minimum Gasteiger partial charge on any atom is -0.262 e. The van der Waals surface area contributed by atoms with Gasteiger partial charge in [0, 0.05) is 11.3 Å². The summed E-state index contributed by atoms with van der Waals surface area (Å²) in [6.45, 7) is 13.7. The van der Waals surface area contributed by atoms with Crippen LogP contribution in [0.25, 0.3) is 11.1 Å². The fourth-order valence-corrected chi connectivity index (χ4v) is 3.10. The van der Waals surface area contributed by atoms with Crippen LogP contribution in [-0.2, 0) is 0 Å². The molecule has 0 aliphatic carbocycles. The third-order valence-corrected chi connectivity index (χ3v) is 4.41. The van der Waals surface area contributed by atoms with Crippen molar-refractivity contribution in [3.8, 4) is 17.2 Å². The topological polar surface area (TPSA) is 41.6 Å². The van der Waals surface area contributed by atoms with Gasteiger partial charge in [-0.25, -0.2) is 0 Å². The van der Waals surface area contributed by atoms with Crippen LogP contribution in [0.3, 0.4) is 0 Å². The highest BCUT2D eigenvalue weighted by Gasteiger charge is 2.19. The van der Waals surface area contributed by atoms with Gasteiger partial charge in [0.1, 0.15) is 6.07 Å². The van der Waals surface area contributed by atoms with Gasteiger partial charge in [-0.05, 0) is 44.0 Å². The van der Waals surface area contributed by atoms with Gasteiger partial charge >= 0.3 is 0 Å². The molecule has 122 valence electrons. The molecule has 4 heteroatoms. The van der Waals surface area contributed by atoms with E-state index in [1.165, 1.54) is 0 Å². The van der Waals surface area contributed by atoms with Crippen LogP contribution in [0, 0.1) is 25.2 Å². The lowest BCUT2D eigenvalue weighted by atomic mass is 10.0. The van der Waals surface area contributed by atoms with Crippen molar-refractivity contribution in [2.75, 3.05) is 0 Å². The van der Waals surface area contributed by atoms with Gasteiger partial charge < -0.3 is 0 Å². The summed E-state index contributed by atoms with van der Waals surface area (Å²) in [5.74, 6) is 0. The molecule has 0 fully saturated rings. The molecule has 0 radical (unpaired) electrons. The van der Waals surface area contributed by atoms with E-state index in [1.807, 2.05) is 42.8 Å². The van der Waals surface area contributed by atoms with E-state index in [2.05, 4.69) is 26.2 Å². The average Bonchev–Trinajstić information content (AvgIpc) is 2.86. The molecule has 1 atom stereocenters.